The highest BCUT2D eigenvalue weighted by atomic mass is 32.2. The van der Waals surface area contributed by atoms with Gasteiger partial charge in [-0.1, -0.05) is 0 Å². The van der Waals surface area contributed by atoms with Crippen LogP contribution in [0.15, 0.2) is 17.0 Å². The van der Waals surface area contributed by atoms with E-state index < -0.39 is 29.7 Å². The number of rotatable bonds is 5. The highest BCUT2D eigenvalue weighted by Gasteiger charge is 2.31. The van der Waals surface area contributed by atoms with Crippen LogP contribution in [-0.4, -0.2) is 24.4 Å². The standard InChI is InChI=1S/C13H10F3NO3S/c1-2-20-12(19)5-9-8(6-17)3-4-11(10(9)7-18)21-13(14,15)16/h3-4,7H,2,5H2,1H3. The maximum absolute atomic E-state index is 12.4. The minimum Gasteiger partial charge on any atom is -0.466 e. The van der Waals surface area contributed by atoms with Crippen molar-refractivity contribution in [3.05, 3.63) is 28.8 Å². The summed E-state index contributed by atoms with van der Waals surface area (Å²) in [5, 5.41) is 8.96. The van der Waals surface area contributed by atoms with E-state index >= 15 is 0 Å². The molecular formula is C13H10F3NO3S. The third-order valence-electron chi connectivity index (χ3n) is 2.41. The van der Waals surface area contributed by atoms with E-state index in [1.165, 1.54) is 0 Å². The Hall–Kier alpha value is -2.01. The minimum absolute atomic E-state index is 0.0309. The van der Waals surface area contributed by atoms with Gasteiger partial charge in [0.1, 0.15) is 0 Å². The Balaban J connectivity index is 3.30. The smallest absolute Gasteiger partial charge is 0.446 e. The normalized spacial score (nSPS) is 10.8. The van der Waals surface area contributed by atoms with Crippen molar-refractivity contribution in [2.45, 2.75) is 23.7 Å². The van der Waals surface area contributed by atoms with Crippen LogP contribution < -0.4 is 0 Å². The molecule has 4 nitrogen and oxygen atoms in total. The molecule has 0 aliphatic rings. The number of hydrogen-bond donors (Lipinski definition) is 0. The Morgan fingerprint density at radius 1 is 1.48 bits per heavy atom. The molecule has 0 amide bonds. The van der Waals surface area contributed by atoms with Crippen LogP contribution in [0.2, 0.25) is 0 Å². The van der Waals surface area contributed by atoms with E-state index in [9.17, 15) is 22.8 Å². The maximum atomic E-state index is 12.4. The first-order valence-electron chi connectivity index (χ1n) is 5.74. The Bertz CT molecular complexity index is 594. The van der Waals surface area contributed by atoms with Crippen LogP contribution in [0.1, 0.15) is 28.4 Å². The van der Waals surface area contributed by atoms with Gasteiger partial charge in [0, 0.05) is 10.5 Å². The molecule has 0 saturated carbocycles. The van der Waals surface area contributed by atoms with Gasteiger partial charge >= 0.3 is 11.5 Å². The number of thioether (sulfide) groups is 1. The number of nitriles is 1. The zero-order valence-corrected chi connectivity index (χ0v) is 11.7. The lowest BCUT2D eigenvalue weighted by molar-refractivity contribution is -0.142. The third kappa shape index (κ3) is 4.79. The van der Waals surface area contributed by atoms with Crippen molar-refractivity contribution in [1.82, 2.24) is 0 Å². The number of benzene rings is 1. The molecular weight excluding hydrogens is 307 g/mol. The lowest BCUT2D eigenvalue weighted by Crippen LogP contribution is -2.12. The van der Waals surface area contributed by atoms with Crippen LogP contribution in [0.25, 0.3) is 0 Å². The molecule has 0 N–H and O–H groups in total. The predicted octanol–water partition coefficient (Wildman–Crippen LogP) is 3.09. The molecule has 0 aliphatic carbocycles. The van der Waals surface area contributed by atoms with Crippen LogP contribution in [0.4, 0.5) is 13.2 Å². The van der Waals surface area contributed by atoms with E-state index in [1.807, 2.05) is 0 Å². The Labute approximate surface area is 122 Å². The molecule has 0 spiro atoms. The summed E-state index contributed by atoms with van der Waals surface area (Å²) < 4.78 is 42.0. The molecule has 0 heterocycles. The van der Waals surface area contributed by atoms with Gasteiger partial charge in [-0.05, 0) is 36.4 Å². The fourth-order valence-electron chi connectivity index (χ4n) is 1.64. The van der Waals surface area contributed by atoms with Gasteiger partial charge in [-0.2, -0.15) is 18.4 Å². The topological polar surface area (TPSA) is 67.2 Å². The van der Waals surface area contributed by atoms with Crippen molar-refractivity contribution in [3.63, 3.8) is 0 Å². The molecule has 8 heteroatoms. The van der Waals surface area contributed by atoms with Gasteiger partial charge in [0.05, 0.1) is 24.7 Å². The molecule has 1 rings (SSSR count). The first-order valence-corrected chi connectivity index (χ1v) is 6.56. The number of hydrogen-bond acceptors (Lipinski definition) is 5. The fourth-order valence-corrected chi connectivity index (χ4v) is 2.30. The highest BCUT2D eigenvalue weighted by Crippen LogP contribution is 2.39. The summed E-state index contributed by atoms with van der Waals surface area (Å²) in [6.07, 6.45) is -0.222. The van der Waals surface area contributed by atoms with E-state index in [-0.39, 0.29) is 34.5 Å². The van der Waals surface area contributed by atoms with Gasteiger partial charge in [-0.3, -0.25) is 9.59 Å². The predicted molar refractivity (Wildman–Crippen MR) is 68.8 cm³/mol. The zero-order valence-electron chi connectivity index (χ0n) is 10.9. The molecule has 112 valence electrons. The monoisotopic (exact) mass is 317 g/mol. The Morgan fingerprint density at radius 3 is 2.62 bits per heavy atom. The second-order valence-electron chi connectivity index (χ2n) is 3.76. The van der Waals surface area contributed by atoms with Crippen LogP contribution in [-0.2, 0) is 16.0 Å². The summed E-state index contributed by atoms with van der Waals surface area (Å²) in [6, 6.07) is 3.94. The first-order chi connectivity index (χ1) is 9.82. The van der Waals surface area contributed by atoms with Crippen molar-refractivity contribution in [3.8, 4) is 6.07 Å². The zero-order chi connectivity index (χ0) is 16.0. The second-order valence-corrected chi connectivity index (χ2v) is 4.87. The quantitative estimate of drug-likeness (QED) is 0.474. The summed E-state index contributed by atoms with van der Waals surface area (Å²) in [5.41, 5.74) is -4.98. The van der Waals surface area contributed by atoms with Gasteiger partial charge in [-0.15, -0.1) is 0 Å². The van der Waals surface area contributed by atoms with Gasteiger partial charge in [-0.25, -0.2) is 0 Å². The van der Waals surface area contributed by atoms with Gasteiger partial charge in [0.25, 0.3) is 0 Å². The van der Waals surface area contributed by atoms with Gasteiger partial charge in [0.15, 0.2) is 6.29 Å². The van der Waals surface area contributed by atoms with E-state index in [0.717, 1.165) is 12.1 Å². The first kappa shape index (κ1) is 17.0. The number of halogens is 3. The van der Waals surface area contributed by atoms with E-state index in [2.05, 4.69) is 0 Å². The third-order valence-corrected chi connectivity index (χ3v) is 3.21. The average Bonchev–Trinajstić information content (AvgIpc) is 2.37. The molecule has 0 radical (unpaired) electrons. The number of ether oxygens (including phenoxy) is 1. The summed E-state index contributed by atoms with van der Waals surface area (Å²) in [4.78, 5) is 22.2. The Morgan fingerprint density at radius 2 is 2.14 bits per heavy atom. The average molecular weight is 317 g/mol. The van der Waals surface area contributed by atoms with Crippen molar-refractivity contribution in [1.29, 1.82) is 5.26 Å². The molecule has 0 unspecified atom stereocenters. The largest absolute Gasteiger partial charge is 0.466 e. The van der Waals surface area contributed by atoms with Crippen molar-refractivity contribution in [2.24, 2.45) is 0 Å². The number of alkyl halides is 3. The highest BCUT2D eigenvalue weighted by molar-refractivity contribution is 8.00. The summed E-state index contributed by atoms with van der Waals surface area (Å²) >= 11 is -0.467. The molecule has 1 aromatic rings. The van der Waals surface area contributed by atoms with Crippen LogP contribution >= 0.6 is 11.8 Å². The molecule has 0 aromatic heterocycles. The van der Waals surface area contributed by atoms with E-state index in [0.29, 0.717) is 0 Å². The summed E-state index contributed by atoms with van der Waals surface area (Å²) in [7, 11) is 0. The summed E-state index contributed by atoms with van der Waals surface area (Å²) in [6.45, 7) is 1.66. The molecule has 0 atom stereocenters. The molecule has 1 aromatic carbocycles. The van der Waals surface area contributed by atoms with Crippen LogP contribution in [0.3, 0.4) is 0 Å². The minimum atomic E-state index is -4.58. The molecule has 0 fully saturated rings. The second kappa shape index (κ2) is 7.13. The van der Waals surface area contributed by atoms with Crippen LogP contribution in [0, 0.1) is 11.3 Å². The number of nitrogens with zero attached hydrogens (tertiary/aromatic N) is 1. The maximum Gasteiger partial charge on any atom is 0.446 e. The molecule has 0 aliphatic heterocycles. The number of aldehydes is 1. The number of carbonyl (C=O) groups is 2. The fraction of sp³-hybridized carbons (Fsp3) is 0.308. The van der Waals surface area contributed by atoms with Crippen molar-refractivity contribution >= 4 is 24.0 Å². The SMILES string of the molecule is CCOC(=O)Cc1c(C#N)ccc(SC(F)(F)F)c1C=O. The molecule has 21 heavy (non-hydrogen) atoms. The molecule has 0 saturated heterocycles. The molecule has 0 bridgehead atoms. The van der Waals surface area contributed by atoms with E-state index in [1.54, 1.807) is 13.0 Å². The lowest BCUT2D eigenvalue weighted by atomic mass is 9.99. The van der Waals surface area contributed by atoms with Crippen molar-refractivity contribution in [2.75, 3.05) is 6.61 Å². The summed E-state index contributed by atoms with van der Waals surface area (Å²) in [5.74, 6) is -0.716. The van der Waals surface area contributed by atoms with Crippen LogP contribution in [0.5, 0.6) is 0 Å². The van der Waals surface area contributed by atoms with Gasteiger partial charge in [0.2, 0.25) is 0 Å². The lowest BCUT2D eigenvalue weighted by Gasteiger charge is -2.12. The Kier molecular flexibility index (Phi) is 5.79. The number of carbonyl (C=O) groups excluding carboxylic acids is 2. The van der Waals surface area contributed by atoms with Gasteiger partial charge < -0.3 is 4.74 Å². The van der Waals surface area contributed by atoms with Crippen molar-refractivity contribution < 1.29 is 27.5 Å². The van der Waals surface area contributed by atoms with E-state index in [4.69, 9.17) is 10.00 Å². The number of esters is 1.